The highest BCUT2D eigenvalue weighted by molar-refractivity contribution is 9.10. The molecule has 110 valence electrons. The van der Waals surface area contributed by atoms with Crippen molar-refractivity contribution in [2.45, 2.75) is 12.5 Å². The Morgan fingerprint density at radius 3 is 2.70 bits per heavy atom. The van der Waals surface area contributed by atoms with Crippen LogP contribution in [0.1, 0.15) is 6.92 Å². The third-order valence-electron chi connectivity index (χ3n) is 2.34. The number of ether oxygens (including phenoxy) is 1. The van der Waals surface area contributed by atoms with Crippen LogP contribution in [0.2, 0.25) is 5.02 Å². The molecule has 1 aromatic carbocycles. The molecule has 20 heavy (non-hydrogen) atoms. The number of carbonyl (C=O) groups excluding carboxylic acids is 1. The minimum absolute atomic E-state index is 0.329. The Hall–Kier alpha value is -1.31. The van der Waals surface area contributed by atoms with Crippen LogP contribution in [0, 0.1) is 0 Å². The van der Waals surface area contributed by atoms with Crippen molar-refractivity contribution in [3.05, 3.63) is 27.7 Å². The molecule has 0 saturated carbocycles. The van der Waals surface area contributed by atoms with Gasteiger partial charge in [0, 0.05) is 4.47 Å². The number of aliphatic carboxylic acids is 1. The normalized spacial score (nSPS) is 13.4. The average molecular weight is 367 g/mol. The van der Waals surface area contributed by atoms with Crippen LogP contribution in [0.3, 0.4) is 0 Å². The van der Waals surface area contributed by atoms with Crippen molar-refractivity contribution in [2.24, 2.45) is 0 Å². The zero-order chi connectivity index (χ0) is 15.3. The van der Waals surface area contributed by atoms with Gasteiger partial charge in [-0.15, -0.1) is 0 Å². The van der Waals surface area contributed by atoms with Gasteiger partial charge in [0.15, 0.2) is 12.2 Å². The van der Waals surface area contributed by atoms with Crippen molar-refractivity contribution in [1.82, 2.24) is 5.32 Å². The molecule has 0 spiro atoms. The molecule has 0 heterocycles. The van der Waals surface area contributed by atoms with E-state index in [9.17, 15) is 14.7 Å². The summed E-state index contributed by atoms with van der Waals surface area (Å²) in [6.45, 7) is 0.331. The number of nitrogens with one attached hydrogen (secondary N) is 1. The van der Waals surface area contributed by atoms with Gasteiger partial charge >= 0.3 is 5.97 Å². The SMILES string of the molecule is CC(O)(CNC(=O)COc1ccc(Br)cc1Cl)C(=O)O. The van der Waals surface area contributed by atoms with E-state index in [-0.39, 0.29) is 6.61 Å². The molecule has 8 heteroatoms. The third kappa shape index (κ3) is 4.99. The van der Waals surface area contributed by atoms with Gasteiger partial charge in [-0.25, -0.2) is 4.79 Å². The Labute approximate surface area is 128 Å². The molecule has 0 fully saturated rings. The lowest BCUT2D eigenvalue weighted by Crippen LogP contribution is -2.47. The Morgan fingerprint density at radius 1 is 1.50 bits per heavy atom. The van der Waals surface area contributed by atoms with Gasteiger partial charge in [0.25, 0.3) is 5.91 Å². The summed E-state index contributed by atoms with van der Waals surface area (Å²) in [7, 11) is 0. The molecule has 0 bridgehead atoms. The average Bonchev–Trinajstić information content (AvgIpc) is 2.35. The second kappa shape index (κ2) is 6.92. The van der Waals surface area contributed by atoms with E-state index in [2.05, 4.69) is 21.2 Å². The van der Waals surface area contributed by atoms with Gasteiger partial charge < -0.3 is 20.3 Å². The monoisotopic (exact) mass is 365 g/mol. The van der Waals surface area contributed by atoms with E-state index in [1.54, 1.807) is 18.2 Å². The zero-order valence-corrected chi connectivity index (χ0v) is 12.9. The number of hydrogen-bond acceptors (Lipinski definition) is 4. The lowest BCUT2D eigenvalue weighted by molar-refractivity contribution is -0.156. The molecule has 0 aliphatic heterocycles. The summed E-state index contributed by atoms with van der Waals surface area (Å²) >= 11 is 9.13. The highest BCUT2D eigenvalue weighted by Gasteiger charge is 2.30. The van der Waals surface area contributed by atoms with Crippen LogP contribution in [0.15, 0.2) is 22.7 Å². The van der Waals surface area contributed by atoms with Crippen molar-refractivity contribution in [3.63, 3.8) is 0 Å². The van der Waals surface area contributed by atoms with Gasteiger partial charge in [-0.2, -0.15) is 0 Å². The van der Waals surface area contributed by atoms with Gasteiger partial charge in [-0.1, -0.05) is 27.5 Å². The number of rotatable bonds is 6. The lowest BCUT2D eigenvalue weighted by Gasteiger charge is -2.18. The van der Waals surface area contributed by atoms with Gasteiger partial charge in [0.2, 0.25) is 0 Å². The quantitative estimate of drug-likeness (QED) is 0.708. The van der Waals surface area contributed by atoms with Gasteiger partial charge in [-0.3, -0.25) is 4.79 Å². The summed E-state index contributed by atoms with van der Waals surface area (Å²) in [5.74, 6) is -1.66. The molecule has 0 aromatic heterocycles. The molecule has 6 nitrogen and oxygen atoms in total. The Bertz CT molecular complexity index is 521. The first-order valence-electron chi connectivity index (χ1n) is 5.52. The molecule has 1 aromatic rings. The summed E-state index contributed by atoms with van der Waals surface area (Å²) in [5, 5.41) is 20.7. The maximum absolute atomic E-state index is 11.5. The van der Waals surface area contributed by atoms with Crippen molar-refractivity contribution < 1.29 is 24.5 Å². The molecule has 0 radical (unpaired) electrons. The number of benzene rings is 1. The zero-order valence-electron chi connectivity index (χ0n) is 10.5. The van der Waals surface area contributed by atoms with Crippen LogP contribution in [0.4, 0.5) is 0 Å². The van der Waals surface area contributed by atoms with Gasteiger partial charge in [-0.05, 0) is 25.1 Å². The first-order chi connectivity index (χ1) is 9.22. The number of amides is 1. The number of carbonyl (C=O) groups is 2. The number of hydrogen-bond donors (Lipinski definition) is 3. The number of halogens is 2. The first kappa shape index (κ1) is 16.7. The van der Waals surface area contributed by atoms with Crippen molar-refractivity contribution in [3.8, 4) is 5.75 Å². The minimum Gasteiger partial charge on any atom is -0.482 e. The van der Waals surface area contributed by atoms with Crippen LogP contribution in [-0.4, -0.2) is 40.8 Å². The minimum atomic E-state index is -2.02. The molecular weight excluding hydrogens is 353 g/mol. The number of carboxylic acid groups (broad SMARTS) is 1. The molecule has 1 atom stereocenters. The fourth-order valence-electron chi connectivity index (χ4n) is 1.13. The Kier molecular flexibility index (Phi) is 5.79. The molecule has 3 N–H and O–H groups in total. The number of carboxylic acids is 1. The molecule has 0 aliphatic carbocycles. The standard InChI is InChI=1S/C12H13BrClNO5/c1-12(19,11(17)18)6-15-10(16)5-20-9-3-2-7(13)4-8(9)14/h2-4,19H,5-6H2,1H3,(H,15,16)(H,17,18). The smallest absolute Gasteiger partial charge is 0.337 e. The van der Waals surface area contributed by atoms with Gasteiger partial charge in [0.05, 0.1) is 11.6 Å². The fraction of sp³-hybridized carbons (Fsp3) is 0.333. The Morgan fingerprint density at radius 2 is 2.15 bits per heavy atom. The molecule has 1 amide bonds. The maximum Gasteiger partial charge on any atom is 0.337 e. The molecule has 0 aliphatic rings. The summed E-state index contributed by atoms with van der Waals surface area (Å²) in [5.41, 5.74) is -2.02. The topological polar surface area (TPSA) is 95.9 Å². The van der Waals surface area contributed by atoms with Gasteiger partial charge in [0.1, 0.15) is 5.75 Å². The predicted molar refractivity (Wildman–Crippen MR) is 75.9 cm³/mol. The predicted octanol–water partition coefficient (Wildman–Crippen LogP) is 1.43. The van der Waals surface area contributed by atoms with Crippen LogP contribution in [0.25, 0.3) is 0 Å². The second-order valence-corrected chi connectivity index (χ2v) is 5.54. The van der Waals surface area contributed by atoms with E-state index in [1.807, 2.05) is 0 Å². The van der Waals surface area contributed by atoms with Crippen LogP contribution in [0.5, 0.6) is 5.75 Å². The molecule has 0 saturated heterocycles. The van der Waals surface area contributed by atoms with E-state index in [1.165, 1.54) is 0 Å². The van der Waals surface area contributed by atoms with Crippen molar-refractivity contribution in [2.75, 3.05) is 13.2 Å². The highest BCUT2D eigenvalue weighted by atomic mass is 79.9. The van der Waals surface area contributed by atoms with Crippen molar-refractivity contribution in [1.29, 1.82) is 0 Å². The second-order valence-electron chi connectivity index (χ2n) is 4.22. The summed E-state index contributed by atoms with van der Waals surface area (Å²) < 4.78 is 5.96. The summed E-state index contributed by atoms with van der Waals surface area (Å²) in [6, 6.07) is 4.91. The van der Waals surface area contributed by atoms with E-state index >= 15 is 0 Å². The largest absolute Gasteiger partial charge is 0.482 e. The molecular formula is C12H13BrClNO5. The Balaban J connectivity index is 2.46. The van der Waals surface area contributed by atoms with Crippen LogP contribution >= 0.6 is 27.5 Å². The first-order valence-corrected chi connectivity index (χ1v) is 6.70. The summed E-state index contributed by atoms with van der Waals surface area (Å²) in [6.07, 6.45) is 0. The maximum atomic E-state index is 11.5. The van der Waals surface area contributed by atoms with Crippen molar-refractivity contribution >= 4 is 39.4 Å². The molecule has 1 rings (SSSR count). The van der Waals surface area contributed by atoms with Crippen LogP contribution in [-0.2, 0) is 9.59 Å². The fourth-order valence-corrected chi connectivity index (χ4v) is 1.86. The van der Waals surface area contributed by atoms with E-state index < -0.39 is 24.0 Å². The highest BCUT2D eigenvalue weighted by Crippen LogP contribution is 2.27. The lowest BCUT2D eigenvalue weighted by atomic mass is 10.1. The van der Waals surface area contributed by atoms with E-state index in [4.69, 9.17) is 21.4 Å². The van der Waals surface area contributed by atoms with E-state index in [0.717, 1.165) is 11.4 Å². The summed E-state index contributed by atoms with van der Waals surface area (Å²) in [4.78, 5) is 22.1. The third-order valence-corrected chi connectivity index (χ3v) is 3.13. The number of aliphatic hydroxyl groups is 1. The van der Waals surface area contributed by atoms with E-state index in [0.29, 0.717) is 10.8 Å². The van der Waals surface area contributed by atoms with Crippen LogP contribution < -0.4 is 10.1 Å². The molecule has 1 unspecified atom stereocenters.